The number of aromatic amines is 1. The molecule has 1 saturated heterocycles. The summed E-state index contributed by atoms with van der Waals surface area (Å²) in [5.41, 5.74) is 0.453. The van der Waals surface area contributed by atoms with Gasteiger partial charge in [0.1, 0.15) is 0 Å². The Bertz CT molecular complexity index is 1280. The largest absolute Gasteiger partial charge is 0.481 e. The van der Waals surface area contributed by atoms with Gasteiger partial charge in [0.15, 0.2) is 4.77 Å². The molecule has 1 fully saturated rings. The van der Waals surface area contributed by atoms with Crippen LogP contribution in [0.5, 0.6) is 11.8 Å². The van der Waals surface area contributed by atoms with Gasteiger partial charge in [0.25, 0.3) is 11.5 Å². The number of fused-ring (bicyclic) bond motifs is 1. The predicted octanol–water partition coefficient (Wildman–Crippen LogP) is 1.31. The van der Waals surface area contributed by atoms with Crippen molar-refractivity contribution in [2.24, 2.45) is 0 Å². The lowest BCUT2D eigenvalue weighted by Crippen LogP contribution is -2.38. The van der Waals surface area contributed by atoms with Crippen molar-refractivity contribution in [2.75, 3.05) is 53.6 Å². The third-order valence-corrected chi connectivity index (χ3v) is 5.77. The monoisotopic (exact) mass is 486 g/mol. The van der Waals surface area contributed by atoms with E-state index in [1.54, 1.807) is 18.2 Å². The summed E-state index contributed by atoms with van der Waals surface area (Å²) in [5, 5.41) is 3.26. The maximum Gasteiger partial charge on any atom is 0.269 e. The van der Waals surface area contributed by atoms with Gasteiger partial charge in [0.05, 0.1) is 44.4 Å². The zero-order valence-corrected chi connectivity index (χ0v) is 19.8. The summed E-state index contributed by atoms with van der Waals surface area (Å²) in [4.78, 5) is 39.5. The summed E-state index contributed by atoms with van der Waals surface area (Å²) in [6.07, 6.45) is 0.844. The van der Waals surface area contributed by atoms with Crippen molar-refractivity contribution in [1.29, 1.82) is 0 Å². The van der Waals surface area contributed by atoms with Crippen LogP contribution in [-0.4, -0.2) is 83.9 Å². The summed E-state index contributed by atoms with van der Waals surface area (Å²) in [6.45, 7) is 4.81. The molecule has 0 bridgehead atoms. The van der Waals surface area contributed by atoms with Gasteiger partial charge >= 0.3 is 0 Å². The fourth-order valence-electron chi connectivity index (χ4n) is 3.67. The Morgan fingerprint density at radius 3 is 2.56 bits per heavy atom. The molecule has 1 aliphatic rings. The van der Waals surface area contributed by atoms with E-state index < -0.39 is 5.56 Å². The number of hydrogen-bond acceptors (Lipinski definition) is 9. The molecule has 2 N–H and O–H groups in total. The quantitative estimate of drug-likeness (QED) is 0.358. The number of hydrogen-bond donors (Lipinski definition) is 2. The van der Waals surface area contributed by atoms with Gasteiger partial charge in [-0.15, -0.1) is 0 Å². The molecular weight excluding hydrogens is 460 g/mol. The Morgan fingerprint density at radius 2 is 1.88 bits per heavy atom. The van der Waals surface area contributed by atoms with Gasteiger partial charge in [-0.2, -0.15) is 9.97 Å². The zero-order chi connectivity index (χ0) is 24.1. The number of methoxy groups -OCH3 is 2. The minimum Gasteiger partial charge on any atom is -0.481 e. The summed E-state index contributed by atoms with van der Waals surface area (Å²) >= 11 is 5.40. The zero-order valence-electron chi connectivity index (χ0n) is 19.0. The van der Waals surface area contributed by atoms with Gasteiger partial charge in [-0.05, 0) is 43.4 Å². The van der Waals surface area contributed by atoms with Gasteiger partial charge in [-0.1, -0.05) is 0 Å². The standard InChI is InChI=1S/C22H26N6O5S/c1-31-17-13-18(32-2)26-21(25-17)28-20(30)15-5-4-14(12-16(15)24-22(28)34)19(29)23-6-3-7-27-8-10-33-11-9-27/h4-5,12-13H,3,6-11H2,1-2H3,(H,23,29)(H,24,34). The fraction of sp³-hybridized carbons (Fsp3) is 0.409. The molecule has 34 heavy (non-hydrogen) atoms. The number of nitrogens with zero attached hydrogens (tertiary/aromatic N) is 4. The molecule has 0 atom stereocenters. The molecule has 11 nitrogen and oxygen atoms in total. The number of aromatic nitrogens is 4. The van der Waals surface area contributed by atoms with E-state index in [2.05, 4.69) is 25.2 Å². The van der Waals surface area contributed by atoms with Gasteiger partial charge < -0.3 is 24.5 Å². The average Bonchev–Trinajstić information content (AvgIpc) is 2.86. The highest BCUT2D eigenvalue weighted by Gasteiger charge is 2.15. The summed E-state index contributed by atoms with van der Waals surface area (Å²) < 4.78 is 16.9. The van der Waals surface area contributed by atoms with Gasteiger partial charge in [-0.25, -0.2) is 4.57 Å². The number of H-pyrrole nitrogens is 1. The van der Waals surface area contributed by atoms with Crippen LogP contribution >= 0.6 is 12.2 Å². The van der Waals surface area contributed by atoms with E-state index in [1.807, 2.05) is 0 Å². The molecule has 1 aliphatic heterocycles. The molecule has 3 heterocycles. The minimum atomic E-state index is -0.425. The Morgan fingerprint density at radius 1 is 1.18 bits per heavy atom. The van der Waals surface area contributed by atoms with Crippen LogP contribution in [-0.2, 0) is 4.74 Å². The van der Waals surface area contributed by atoms with Crippen LogP contribution in [0, 0.1) is 4.77 Å². The van der Waals surface area contributed by atoms with Crippen molar-refractivity contribution in [3.63, 3.8) is 0 Å². The highest BCUT2D eigenvalue weighted by molar-refractivity contribution is 7.71. The predicted molar refractivity (Wildman–Crippen MR) is 128 cm³/mol. The highest BCUT2D eigenvalue weighted by Crippen LogP contribution is 2.18. The van der Waals surface area contributed by atoms with E-state index in [0.29, 0.717) is 23.0 Å². The molecule has 0 spiro atoms. The van der Waals surface area contributed by atoms with Crippen molar-refractivity contribution >= 4 is 29.0 Å². The molecule has 4 rings (SSSR count). The lowest BCUT2D eigenvalue weighted by Gasteiger charge is -2.26. The maximum atomic E-state index is 13.2. The summed E-state index contributed by atoms with van der Waals surface area (Å²) in [6, 6.07) is 6.30. The van der Waals surface area contributed by atoms with E-state index >= 15 is 0 Å². The van der Waals surface area contributed by atoms with Crippen LogP contribution in [0.1, 0.15) is 16.8 Å². The second-order valence-electron chi connectivity index (χ2n) is 7.65. The third-order valence-electron chi connectivity index (χ3n) is 5.49. The van der Waals surface area contributed by atoms with Gasteiger partial charge in [-0.3, -0.25) is 14.5 Å². The molecule has 180 valence electrons. The first kappa shape index (κ1) is 23.8. The number of nitrogens with one attached hydrogen (secondary N) is 2. The maximum absolute atomic E-state index is 13.2. The second kappa shape index (κ2) is 10.7. The molecule has 1 amide bonds. The Kier molecular flexibility index (Phi) is 7.50. The van der Waals surface area contributed by atoms with Gasteiger partial charge in [0, 0.05) is 25.2 Å². The van der Waals surface area contributed by atoms with Crippen LogP contribution in [0.15, 0.2) is 29.1 Å². The van der Waals surface area contributed by atoms with Crippen LogP contribution in [0.4, 0.5) is 0 Å². The number of carbonyl (C=O) groups excluding carboxylic acids is 1. The second-order valence-corrected chi connectivity index (χ2v) is 8.03. The molecule has 3 aromatic rings. The van der Waals surface area contributed by atoms with E-state index in [1.165, 1.54) is 20.3 Å². The topological polar surface area (TPSA) is 124 Å². The van der Waals surface area contributed by atoms with E-state index in [0.717, 1.165) is 43.8 Å². The van der Waals surface area contributed by atoms with Crippen LogP contribution in [0.25, 0.3) is 16.9 Å². The van der Waals surface area contributed by atoms with E-state index in [4.69, 9.17) is 26.4 Å². The minimum absolute atomic E-state index is 0.0198. The lowest BCUT2D eigenvalue weighted by atomic mass is 10.1. The summed E-state index contributed by atoms with van der Waals surface area (Å²) in [5.74, 6) is 0.257. The Labute approximate surface area is 200 Å². The van der Waals surface area contributed by atoms with Crippen molar-refractivity contribution in [3.8, 4) is 17.7 Å². The summed E-state index contributed by atoms with van der Waals surface area (Å²) in [7, 11) is 2.90. The normalized spacial score (nSPS) is 14.2. The molecule has 12 heteroatoms. The first-order valence-electron chi connectivity index (χ1n) is 10.8. The number of ether oxygens (including phenoxy) is 3. The van der Waals surface area contributed by atoms with Crippen LogP contribution in [0.2, 0.25) is 0 Å². The molecular formula is C22H26N6O5S. The fourth-order valence-corrected chi connectivity index (χ4v) is 3.95. The molecule has 0 unspecified atom stereocenters. The SMILES string of the molecule is COc1cc(OC)nc(-n2c(=S)[nH]c3cc(C(=O)NCCCN4CCOCC4)ccc3c2=O)n1. The van der Waals surface area contributed by atoms with Crippen molar-refractivity contribution in [1.82, 2.24) is 29.7 Å². The lowest BCUT2D eigenvalue weighted by molar-refractivity contribution is 0.0374. The first-order chi connectivity index (χ1) is 16.5. The highest BCUT2D eigenvalue weighted by atomic mass is 32.1. The average molecular weight is 487 g/mol. The molecule has 1 aromatic carbocycles. The van der Waals surface area contributed by atoms with Crippen molar-refractivity contribution in [2.45, 2.75) is 6.42 Å². The van der Waals surface area contributed by atoms with Crippen LogP contribution in [0.3, 0.4) is 0 Å². The number of benzene rings is 1. The third kappa shape index (κ3) is 5.24. The molecule has 0 radical (unpaired) electrons. The molecule has 0 aliphatic carbocycles. The number of amides is 1. The smallest absolute Gasteiger partial charge is 0.269 e. The van der Waals surface area contributed by atoms with Crippen molar-refractivity contribution < 1.29 is 19.0 Å². The van der Waals surface area contributed by atoms with Crippen LogP contribution < -0.4 is 20.3 Å². The Balaban J connectivity index is 1.53. The van der Waals surface area contributed by atoms with E-state index in [9.17, 15) is 9.59 Å². The van der Waals surface area contributed by atoms with Gasteiger partial charge in [0.2, 0.25) is 17.7 Å². The number of carbonyl (C=O) groups is 1. The number of morpholine rings is 1. The first-order valence-corrected chi connectivity index (χ1v) is 11.3. The van der Waals surface area contributed by atoms with E-state index in [-0.39, 0.29) is 28.4 Å². The van der Waals surface area contributed by atoms with Crippen molar-refractivity contribution in [3.05, 3.63) is 45.0 Å². The molecule has 2 aromatic heterocycles. The Hall–Kier alpha value is -3.35. The molecule has 0 saturated carbocycles. The number of rotatable bonds is 8.